The van der Waals surface area contributed by atoms with Gasteiger partial charge in [-0.15, -0.1) is 0 Å². The Labute approximate surface area is 129 Å². The molecular weight excluding hydrogens is 310 g/mol. The maximum atomic E-state index is 11.5. The number of hydrogen-bond donors (Lipinski definition) is 1. The highest BCUT2D eigenvalue weighted by Crippen LogP contribution is 2.34. The third-order valence-corrected chi connectivity index (χ3v) is 4.37. The zero-order valence-corrected chi connectivity index (χ0v) is 13.5. The Kier molecular flexibility index (Phi) is 4.16. The molecule has 0 saturated carbocycles. The third-order valence-electron chi connectivity index (χ3n) is 3.05. The van der Waals surface area contributed by atoms with Crippen molar-refractivity contribution in [1.82, 2.24) is 0 Å². The van der Waals surface area contributed by atoms with Gasteiger partial charge in [0.15, 0.2) is 9.84 Å². The molecule has 6 heteroatoms. The molecule has 2 N–H and O–H groups in total. The van der Waals surface area contributed by atoms with Crippen LogP contribution in [0.1, 0.15) is 11.1 Å². The predicted octanol–water partition coefficient (Wildman–Crippen LogP) is 3.73. The molecule has 0 saturated heterocycles. The van der Waals surface area contributed by atoms with Crippen molar-refractivity contribution < 1.29 is 13.2 Å². The summed E-state index contributed by atoms with van der Waals surface area (Å²) in [6.07, 6.45) is 1.13. The number of benzene rings is 2. The van der Waals surface area contributed by atoms with Gasteiger partial charge < -0.3 is 10.5 Å². The van der Waals surface area contributed by atoms with Gasteiger partial charge in [0, 0.05) is 11.3 Å². The molecule has 0 unspecified atom stereocenters. The minimum absolute atomic E-state index is 0.164. The van der Waals surface area contributed by atoms with E-state index >= 15 is 0 Å². The third kappa shape index (κ3) is 3.49. The number of anilines is 1. The van der Waals surface area contributed by atoms with Crippen LogP contribution < -0.4 is 10.5 Å². The van der Waals surface area contributed by atoms with Gasteiger partial charge in [-0.3, -0.25) is 0 Å². The first-order valence-corrected chi connectivity index (χ1v) is 8.49. The largest absolute Gasteiger partial charge is 0.455 e. The fourth-order valence-electron chi connectivity index (χ4n) is 2.02. The van der Waals surface area contributed by atoms with Crippen molar-refractivity contribution in [2.24, 2.45) is 0 Å². The normalized spacial score (nSPS) is 11.4. The molecular formula is C15H16ClNO3S. The second kappa shape index (κ2) is 5.58. The smallest absolute Gasteiger partial charge is 0.175 e. The molecule has 0 aromatic heterocycles. The first-order chi connectivity index (χ1) is 9.68. The van der Waals surface area contributed by atoms with Crippen molar-refractivity contribution in [2.75, 3.05) is 12.0 Å². The monoisotopic (exact) mass is 325 g/mol. The number of nitrogen functional groups attached to an aromatic ring is 1. The lowest BCUT2D eigenvalue weighted by Gasteiger charge is -2.14. The molecule has 2 rings (SSSR count). The zero-order chi connectivity index (χ0) is 15.8. The van der Waals surface area contributed by atoms with Crippen LogP contribution in [-0.2, 0) is 9.84 Å². The molecule has 0 aliphatic carbocycles. The van der Waals surface area contributed by atoms with E-state index in [0.717, 1.165) is 17.4 Å². The molecule has 0 fully saturated rings. The Morgan fingerprint density at radius 3 is 2.14 bits per heavy atom. The van der Waals surface area contributed by atoms with Crippen molar-refractivity contribution >= 4 is 27.1 Å². The molecule has 2 aromatic rings. The first-order valence-electron chi connectivity index (χ1n) is 6.22. The van der Waals surface area contributed by atoms with Crippen LogP contribution in [0.25, 0.3) is 0 Å². The van der Waals surface area contributed by atoms with Crippen LogP contribution in [0.15, 0.2) is 35.2 Å². The van der Waals surface area contributed by atoms with Crippen LogP contribution in [0, 0.1) is 13.8 Å². The first kappa shape index (κ1) is 15.7. The average Bonchev–Trinajstić information content (AvgIpc) is 2.33. The van der Waals surface area contributed by atoms with E-state index in [4.69, 9.17) is 22.1 Å². The highest BCUT2D eigenvalue weighted by atomic mass is 35.5. The summed E-state index contributed by atoms with van der Waals surface area (Å²) in [5.74, 6) is 1.08. The number of halogens is 1. The van der Waals surface area contributed by atoms with Crippen molar-refractivity contribution in [1.29, 1.82) is 0 Å². The molecule has 0 heterocycles. The van der Waals surface area contributed by atoms with E-state index in [9.17, 15) is 8.42 Å². The molecule has 4 nitrogen and oxygen atoms in total. The lowest BCUT2D eigenvalue weighted by atomic mass is 10.1. The van der Waals surface area contributed by atoms with Crippen LogP contribution in [-0.4, -0.2) is 14.7 Å². The number of rotatable bonds is 3. The van der Waals surface area contributed by atoms with E-state index in [0.29, 0.717) is 16.5 Å². The summed E-state index contributed by atoms with van der Waals surface area (Å²) in [7, 11) is -3.29. The Bertz CT molecular complexity index is 778. The van der Waals surface area contributed by atoms with Gasteiger partial charge in [0.05, 0.1) is 10.6 Å². The van der Waals surface area contributed by atoms with Crippen LogP contribution in [0.2, 0.25) is 5.02 Å². The van der Waals surface area contributed by atoms with Crippen molar-refractivity contribution in [3.05, 3.63) is 46.5 Å². The fraction of sp³-hybridized carbons (Fsp3) is 0.200. The van der Waals surface area contributed by atoms with Crippen LogP contribution in [0.4, 0.5) is 5.69 Å². The Hall–Kier alpha value is -1.72. The summed E-state index contributed by atoms with van der Waals surface area (Å²) in [6, 6.07) is 8.02. The maximum absolute atomic E-state index is 11.5. The molecule has 0 aliphatic heterocycles. The van der Waals surface area contributed by atoms with Gasteiger partial charge in [0.1, 0.15) is 11.5 Å². The Morgan fingerprint density at radius 1 is 1.10 bits per heavy atom. The summed E-state index contributed by atoms with van der Waals surface area (Å²) < 4.78 is 28.8. The van der Waals surface area contributed by atoms with Crippen LogP contribution in [0.5, 0.6) is 11.5 Å². The number of nitrogens with two attached hydrogens (primary N) is 1. The molecule has 0 radical (unpaired) electrons. The SMILES string of the molecule is Cc1cc(Cl)cc(C)c1Oc1ccc(S(C)(=O)=O)cc1N. The van der Waals surface area contributed by atoms with E-state index in [1.54, 1.807) is 18.2 Å². The van der Waals surface area contributed by atoms with E-state index in [-0.39, 0.29) is 10.6 Å². The quantitative estimate of drug-likeness (QED) is 0.873. The van der Waals surface area contributed by atoms with Gasteiger partial charge in [-0.2, -0.15) is 0 Å². The van der Waals surface area contributed by atoms with Crippen LogP contribution in [0.3, 0.4) is 0 Å². The Balaban J connectivity index is 2.42. The molecule has 2 aromatic carbocycles. The molecule has 0 bridgehead atoms. The number of ether oxygens (including phenoxy) is 1. The van der Waals surface area contributed by atoms with E-state index in [1.165, 1.54) is 12.1 Å². The maximum Gasteiger partial charge on any atom is 0.175 e. The average molecular weight is 326 g/mol. The minimum Gasteiger partial charge on any atom is -0.455 e. The molecule has 21 heavy (non-hydrogen) atoms. The lowest BCUT2D eigenvalue weighted by molar-refractivity contribution is 0.477. The van der Waals surface area contributed by atoms with Crippen molar-refractivity contribution in [2.45, 2.75) is 18.7 Å². The standard InChI is InChI=1S/C15H16ClNO3S/c1-9-6-11(16)7-10(2)15(9)20-14-5-4-12(8-13(14)17)21(3,18)19/h4-8H,17H2,1-3H3. The lowest BCUT2D eigenvalue weighted by Crippen LogP contribution is -2.00. The van der Waals surface area contributed by atoms with Gasteiger partial charge in [-0.25, -0.2) is 8.42 Å². The Morgan fingerprint density at radius 2 is 1.67 bits per heavy atom. The minimum atomic E-state index is -3.29. The second-order valence-corrected chi connectivity index (χ2v) is 7.39. The van der Waals surface area contributed by atoms with Gasteiger partial charge in [0.25, 0.3) is 0 Å². The summed E-state index contributed by atoms with van der Waals surface area (Å²) in [5, 5.41) is 0.637. The van der Waals surface area contributed by atoms with Gasteiger partial charge in [-0.05, 0) is 55.3 Å². The highest BCUT2D eigenvalue weighted by molar-refractivity contribution is 7.90. The fourth-order valence-corrected chi connectivity index (χ4v) is 3.00. The van der Waals surface area contributed by atoms with E-state index in [2.05, 4.69) is 0 Å². The predicted molar refractivity (Wildman–Crippen MR) is 85.0 cm³/mol. The molecule has 0 amide bonds. The highest BCUT2D eigenvalue weighted by Gasteiger charge is 2.13. The summed E-state index contributed by atoms with van der Waals surface area (Å²) in [4.78, 5) is 0.164. The topological polar surface area (TPSA) is 69.4 Å². The summed E-state index contributed by atoms with van der Waals surface area (Å²) in [6.45, 7) is 3.77. The molecule has 0 aliphatic rings. The number of hydrogen-bond acceptors (Lipinski definition) is 4. The van der Waals surface area contributed by atoms with Crippen molar-refractivity contribution in [3.8, 4) is 11.5 Å². The number of aryl methyl sites for hydroxylation is 2. The second-order valence-electron chi connectivity index (χ2n) is 4.94. The van der Waals surface area contributed by atoms with Crippen molar-refractivity contribution in [3.63, 3.8) is 0 Å². The molecule has 112 valence electrons. The number of sulfone groups is 1. The van der Waals surface area contributed by atoms with E-state index < -0.39 is 9.84 Å². The van der Waals surface area contributed by atoms with E-state index in [1.807, 2.05) is 13.8 Å². The van der Waals surface area contributed by atoms with Gasteiger partial charge in [0.2, 0.25) is 0 Å². The molecule has 0 spiro atoms. The van der Waals surface area contributed by atoms with Gasteiger partial charge >= 0.3 is 0 Å². The summed E-state index contributed by atoms with van der Waals surface area (Å²) >= 11 is 5.98. The van der Waals surface area contributed by atoms with Gasteiger partial charge in [-0.1, -0.05) is 11.6 Å². The zero-order valence-electron chi connectivity index (χ0n) is 12.0. The molecule has 0 atom stereocenters. The summed E-state index contributed by atoms with van der Waals surface area (Å²) in [5.41, 5.74) is 7.91. The van der Waals surface area contributed by atoms with Crippen LogP contribution >= 0.6 is 11.6 Å².